The first-order valence-corrected chi connectivity index (χ1v) is 6.59. The minimum absolute atomic E-state index is 0.182. The Bertz CT molecular complexity index is 608. The summed E-state index contributed by atoms with van der Waals surface area (Å²) in [6.07, 6.45) is 1.80. The quantitative estimate of drug-likeness (QED) is 0.867. The second kappa shape index (κ2) is 5.92. The second-order valence-electron chi connectivity index (χ2n) is 3.52. The van der Waals surface area contributed by atoms with Gasteiger partial charge in [-0.25, -0.2) is 0 Å². The van der Waals surface area contributed by atoms with Gasteiger partial charge in [0.2, 0.25) is 17.3 Å². The molecule has 0 aliphatic heterocycles. The zero-order valence-electron chi connectivity index (χ0n) is 9.54. The van der Waals surface area contributed by atoms with Crippen molar-refractivity contribution in [3.05, 3.63) is 40.5 Å². The molecule has 0 aliphatic rings. The van der Waals surface area contributed by atoms with E-state index in [0.29, 0.717) is 18.2 Å². The third-order valence-electron chi connectivity index (χ3n) is 2.28. The molecule has 0 radical (unpaired) electrons. The van der Waals surface area contributed by atoms with E-state index >= 15 is 0 Å². The van der Waals surface area contributed by atoms with Crippen molar-refractivity contribution in [2.75, 3.05) is 0 Å². The van der Waals surface area contributed by atoms with E-state index < -0.39 is 0 Å². The summed E-state index contributed by atoms with van der Waals surface area (Å²) >= 11 is 3.60. The van der Waals surface area contributed by atoms with Crippen LogP contribution in [0.4, 0.5) is 5.69 Å². The molecule has 0 fully saturated rings. The molecule has 1 aromatic carbocycles. The van der Waals surface area contributed by atoms with Crippen LogP contribution in [0.3, 0.4) is 0 Å². The van der Waals surface area contributed by atoms with Crippen molar-refractivity contribution in [3.8, 4) is 5.88 Å². The Kier molecular flexibility index (Phi) is 4.27. The average Bonchev–Trinajstić information content (AvgIpc) is 2.75. The lowest BCUT2D eigenvalue weighted by Crippen LogP contribution is -1.98. The molecule has 5 nitrogen and oxygen atoms in total. The normalized spacial score (nSPS) is 10.1. The smallest absolute Gasteiger partial charge is 0.233 e. The van der Waals surface area contributed by atoms with Gasteiger partial charge in [-0.2, -0.15) is 8.57 Å². The first kappa shape index (κ1) is 13.0. The topological polar surface area (TPSA) is 56.5 Å². The van der Waals surface area contributed by atoms with E-state index in [1.165, 1.54) is 0 Å². The fraction of sp³-hybridized carbons (Fsp3) is 0.182. The number of halogens is 1. The minimum Gasteiger partial charge on any atom is -0.472 e. The van der Waals surface area contributed by atoms with Crippen LogP contribution in [-0.2, 0) is 25.1 Å². The lowest BCUT2D eigenvalue weighted by Gasteiger charge is -2.07. The number of aryl methyl sites for hydroxylation is 1. The highest BCUT2D eigenvalue weighted by atomic mass is 79.9. The maximum absolute atomic E-state index is 10.5. The summed E-state index contributed by atoms with van der Waals surface area (Å²) in [5.74, 6) is 0.536. The molecular weight excluding hydrogens is 318 g/mol. The van der Waals surface area contributed by atoms with Crippen LogP contribution in [0, 0.1) is 0 Å². The second-order valence-corrected chi connectivity index (χ2v) is 4.71. The van der Waals surface area contributed by atoms with Gasteiger partial charge in [0.15, 0.2) is 0 Å². The first-order chi connectivity index (χ1) is 8.70. The van der Waals surface area contributed by atoms with Gasteiger partial charge < -0.3 is 4.74 Å². The number of aromatic nitrogens is 2. The van der Waals surface area contributed by atoms with Crippen LogP contribution in [0.5, 0.6) is 5.88 Å². The maximum atomic E-state index is 10.5. The number of nitrogens with zero attached hydrogens (tertiary/aromatic N) is 3. The molecule has 0 unspecified atom stereocenters. The molecule has 0 amide bonds. The molecule has 94 valence electrons. The van der Waals surface area contributed by atoms with Crippen molar-refractivity contribution in [2.24, 2.45) is 11.4 Å². The highest BCUT2D eigenvalue weighted by molar-refractivity contribution is 9.10. The lowest BCUT2D eigenvalue weighted by atomic mass is 10.2. The number of rotatable bonds is 4. The summed E-state index contributed by atoms with van der Waals surface area (Å²) in [5.41, 5.74) is 1.44. The van der Waals surface area contributed by atoms with Gasteiger partial charge in [-0.1, -0.05) is 22.0 Å². The lowest BCUT2D eigenvalue weighted by molar-refractivity contribution is 0.290. The van der Waals surface area contributed by atoms with Crippen LogP contribution >= 0.6 is 15.9 Å². The Morgan fingerprint density at radius 1 is 1.50 bits per heavy atom. The molecule has 1 aromatic heterocycles. The van der Waals surface area contributed by atoms with Crippen molar-refractivity contribution in [3.63, 3.8) is 0 Å². The number of hydrogen-bond donors (Lipinski definition) is 0. The summed E-state index contributed by atoms with van der Waals surface area (Å²) in [6.45, 7) is 0.303. The molecule has 0 bridgehead atoms. The van der Waals surface area contributed by atoms with Gasteiger partial charge in [0, 0.05) is 29.3 Å². The highest BCUT2D eigenvalue weighted by Gasteiger charge is 2.08. The fourth-order valence-corrected chi connectivity index (χ4v) is 2.15. The van der Waals surface area contributed by atoms with E-state index in [-0.39, 0.29) is 11.5 Å². The number of ether oxygens (including phenoxy) is 1. The van der Waals surface area contributed by atoms with Gasteiger partial charge in [-0.3, -0.25) is 4.68 Å². The number of benzene rings is 1. The van der Waals surface area contributed by atoms with E-state index in [1.54, 1.807) is 23.0 Å². The maximum Gasteiger partial charge on any atom is 0.233 e. The molecule has 0 N–H and O–H groups in total. The Morgan fingerprint density at radius 3 is 3.00 bits per heavy atom. The average molecular weight is 328 g/mol. The molecule has 2 rings (SSSR count). The Morgan fingerprint density at radius 2 is 2.33 bits per heavy atom. The van der Waals surface area contributed by atoms with E-state index in [0.717, 1.165) is 10.0 Å². The Balaban J connectivity index is 2.20. The monoisotopic (exact) mass is 327 g/mol. The summed E-state index contributed by atoms with van der Waals surface area (Å²) in [5, 5.41) is 4.11. The van der Waals surface area contributed by atoms with Gasteiger partial charge >= 0.3 is 0 Å². The summed E-state index contributed by atoms with van der Waals surface area (Å²) < 4.78 is 22.4. The predicted octanol–water partition coefficient (Wildman–Crippen LogP) is 2.79. The predicted molar refractivity (Wildman–Crippen MR) is 71.9 cm³/mol. The molecular formula is C11H10BrN3O2S. The van der Waals surface area contributed by atoms with Crippen molar-refractivity contribution in [1.82, 2.24) is 9.78 Å². The van der Waals surface area contributed by atoms with Crippen LogP contribution in [0.25, 0.3) is 0 Å². The minimum atomic E-state index is 0.182. The van der Waals surface area contributed by atoms with Crippen LogP contribution in [0.15, 0.2) is 39.3 Å². The van der Waals surface area contributed by atoms with Gasteiger partial charge in [0.05, 0.1) is 5.69 Å². The van der Waals surface area contributed by atoms with Gasteiger partial charge in [-0.15, -0.1) is 5.10 Å². The van der Waals surface area contributed by atoms with Gasteiger partial charge in [-0.05, 0) is 12.1 Å². The third kappa shape index (κ3) is 3.05. The molecule has 1 heterocycles. The summed E-state index contributed by atoms with van der Waals surface area (Å²) in [7, 11) is 1.82. The van der Waals surface area contributed by atoms with Crippen molar-refractivity contribution < 1.29 is 8.95 Å². The fourth-order valence-electron chi connectivity index (χ4n) is 1.43. The molecule has 0 saturated heterocycles. The van der Waals surface area contributed by atoms with Crippen LogP contribution in [0.2, 0.25) is 0 Å². The van der Waals surface area contributed by atoms with Crippen LogP contribution in [0.1, 0.15) is 5.56 Å². The summed E-state index contributed by atoms with van der Waals surface area (Å²) in [4.78, 5) is 0. The molecule has 2 aromatic rings. The van der Waals surface area contributed by atoms with Crippen molar-refractivity contribution >= 4 is 33.1 Å². The van der Waals surface area contributed by atoms with Crippen molar-refractivity contribution in [2.45, 2.75) is 6.61 Å². The Hall–Kier alpha value is -1.47. The van der Waals surface area contributed by atoms with Crippen molar-refractivity contribution in [1.29, 1.82) is 0 Å². The standard InChI is InChI=1S/C11H10BrN3O2S/c1-15-6-5-11(13-15)17-7-8-9(12)3-2-4-10(8)14-18-16/h2-6H,7H2,1H3. The SMILES string of the molecule is Cn1ccc(OCc2c(Br)cccc2N=S=O)n1. The zero-order valence-corrected chi connectivity index (χ0v) is 11.9. The molecule has 0 atom stereocenters. The molecule has 0 saturated carbocycles. The Labute approximate surface area is 116 Å². The first-order valence-electron chi connectivity index (χ1n) is 5.10. The highest BCUT2D eigenvalue weighted by Crippen LogP contribution is 2.28. The summed E-state index contributed by atoms with van der Waals surface area (Å²) in [6, 6.07) is 7.25. The van der Waals surface area contributed by atoms with Crippen LogP contribution in [-0.4, -0.2) is 14.0 Å². The van der Waals surface area contributed by atoms with Gasteiger partial charge in [0.25, 0.3) is 0 Å². The zero-order chi connectivity index (χ0) is 13.0. The van der Waals surface area contributed by atoms with E-state index in [4.69, 9.17) is 4.74 Å². The van der Waals surface area contributed by atoms with E-state index in [1.807, 2.05) is 19.2 Å². The van der Waals surface area contributed by atoms with Crippen LogP contribution < -0.4 is 4.74 Å². The number of hydrogen-bond acceptors (Lipinski definition) is 4. The molecule has 7 heteroatoms. The van der Waals surface area contributed by atoms with E-state index in [2.05, 4.69) is 25.4 Å². The molecule has 0 spiro atoms. The van der Waals surface area contributed by atoms with E-state index in [9.17, 15) is 4.21 Å². The molecule has 0 aliphatic carbocycles. The largest absolute Gasteiger partial charge is 0.472 e. The third-order valence-corrected chi connectivity index (χ3v) is 3.30. The molecule has 18 heavy (non-hydrogen) atoms. The van der Waals surface area contributed by atoms with Gasteiger partial charge in [0.1, 0.15) is 6.61 Å².